The molecule has 0 saturated carbocycles. The number of nitrogen functional groups attached to an aromatic ring is 1. The molecule has 0 amide bonds. The van der Waals surface area contributed by atoms with Crippen molar-refractivity contribution in [3.05, 3.63) is 29.8 Å². The second kappa shape index (κ2) is 6.43. The molecule has 0 bridgehead atoms. The first-order valence-electron chi connectivity index (χ1n) is 7.14. The number of hydrogen-bond acceptors (Lipinski definition) is 4. The highest BCUT2D eigenvalue weighted by Crippen LogP contribution is 2.29. The highest BCUT2D eigenvalue weighted by atomic mass is 16.5. The molecule has 0 unspecified atom stereocenters. The molecule has 2 N–H and O–H groups in total. The van der Waals surface area contributed by atoms with Gasteiger partial charge in [0, 0.05) is 11.6 Å². The lowest BCUT2D eigenvalue weighted by molar-refractivity contribution is 0.112. The Labute approximate surface area is 124 Å². The molecular formula is C16H21N3O2. The minimum absolute atomic E-state index is 0.101. The van der Waals surface area contributed by atoms with Gasteiger partial charge in [-0.3, -0.25) is 4.79 Å². The van der Waals surface area contributed by atoms with E-state index in [4.69, 9.17) is 10.5 Å². The van der Waals surface area contributed by atoms with Crippen molar-refractivity contribution >= 4 is 12.1 Å². The number of nitrogens with zero attached hydrogens (tertiary/aromatic N) is 2. The van der Waals surface area contributed by atoms with Gasteiger partial charge in [-0.1, -0.05) is 6.92 Å². The van der Waals surface area contributed by atoms with Crippen molar-refractivity contribution in [2.45, 2.75) is 33.2 Å². The Hall–Kier alpha value is -2.30. The molecule has 5 nitrogen and oxygen atoms in total. The summed E-state index contributed by atoms with van der Waals surface area (Å²) in [6, 6.07) is 7.65. The van der Waals surface area contributed by atoms with E-state index in [-0.39, 0.29) is 6.04 Å². The van der Waals surface area contributed by atoms with Crippen molar-refractivity contribution in [1.82, 2.24) is 9.78 Å². The fourth-order valence-corrected chi connectivity index (χ4v) is 2.11. The summed E-state index contributed by atoms with van der Waals surface area (Å²) in [7, 11) is 0. The first-order chi connectivity index (χ1) is 10.1. The van der Waals surface area contributed by atoms with Crippen LogP contribution in [0.1, 0.15) is 43.6 Å². The molecule has 2 rings (SSSR count). The van der Waals surface area contributed by atoms with Crippen molar-refractivity contribution in [2.75, 3.05) is 12.3 Å². The number of carbonyl (C=O) groups is 1. The van der Waals surface area contributed by atoms with Crippen LogP contribution in [0, 0.1) is 0 Å². The van der Waals surface area contributed by atoms with E-state index in [1.807, 2.05) is 38.1 Å². The molecule has 1 heterocycles. The van der Waals surface area contributed by atoms with Gasteiger partial charge in [0.25, 0.3) is 0 Å². The Morgan fingerprint density at radius 3 is 2.52 bits per heavy atom. The zero-order chi connectivity index (χ0) is 15.4. The maximum atomic E-state index is 11.3. The van der Waals surface area contributed by atoms with Gasteiger partial charge in [0.2, 0.25) is 0 Å². The van der Waals surface area contributed by atoms with E-state index in [9.17, 15) is 4.79 Å². The second-order valence-corrected chi connectivity index (χ2v) is 5.18. The Bertz CT molecular complexity index is 615. The van der Waals surface area contributed by atoms with Gasteiger partial charge in [-0.15, -0.1) is 0 Å². The molecule has 0 spiro atoms. The topological polar surface area (TPSA) is 70.1 Å². The average molecular weight is 287 g/mol. The van der Waals surface area contributed by atoms with Crippen molar-refractivity contribution in [3.63, 3.8) is 0 Å². The summed E-state index contributed by atoms with van der Waals surface area (Å²) in [5.74, 6) is 1.21. The zero-order valence-corrected chi connectivity index (χ0v) is 12.7. The molecule has 2 aromatic rings. The standard InChI is InChI=1S/C16H21N3O2/c1-4-9-21-13-7-5-12(6-8-13)15-14(10-20)16(17)19(18-15)11(2)3/h5-8,10-11H,4,9,17H2,1-3H3. The van der Waals surface area contributed by atoms with Gasteiger partial charge in [0.1, 0.15) is 17.3 Å². The van der Waals surface area contributed by atoms with E-state index in [1.165, 1.54) is 0 Å². The van der Waals surface area contributed by atoms with Crippen LogP contribution in [-0.4, -0.2) is 22.7 Å². The number of aldehydes is 1. The number of benzene rings is 1. The molecular weight excluding hydrogens is 266 g/mol. The van der Waals surface area contributed by atoms with Crippen LogP contribution >= 0.6 is 0 Å². The van der Waals surface area contributed by atoms with Gasteiger partial charge in [-0.2, -0.15) is 5.10 Å². The van der Waals surface area contributed by atoms with Crippen molar-refractivity contribution < 1.29 is 9.53 Å². The van der Waals surface area contributed by atoms with Gasteiger partial charge >= 0.3 is 0 Å². The van der Waals surface area contributed by atoms with Crippen LogP contribution in [0.15, 0.2) is 24.3 Å². The van der Waals surface area contributed by atoms with E-state index in [2.05, 4.69) is 12.0 Å². The molecule has 0 radical (unpaired) electrons. The lowest BCUT2D eigenvalue weighted by atomic mass is 10.1. The number of anilines is 1. The average Bonchev–Trinajstić information content (AvgIpc) is 2.82. The van der Waals surface area contributed by atoms with Crippen LogP contribution in [-0.2, 0) is 0 Å². The molecule has 1 aromatic heterocycles. The molecule has 0 aliphatic rings. The number of nitrogens with two attached hydrogens (primary N) is 1. The van der Waals surface area contributed by atoms with E-state index in [0.29, 0.717) is 23.7 Å². The largest absolute Gasteiger partial charge is 0.494 e. The number of hydrogen-bond donors (Lipinski definition) is 1. The van der Waals surface area contributed by atoms with Crippen LogP contribution in [0.25, 0.3) is 11.3 Å². The first-order valence-corrected chi connectivity index (χ1v) is 7.14. The maximum absolute atomic E-state index is 11.3. The lowest BCUT2D eigenvalue weighted by Gasteiger charge is -2.06. The van der Waals surface area contributed by atoms with Gasteiger partial charge in [-0.25, -0.2) is 4.68 Å². The van der Waals surface area contributed by atoms with Gasteiger partial charge in [-0.05, 0) is 44.5 Å². The molecule has 0 aliphatic heterocycles. The summed E-state index contributed by atoms with van der Waals surface area (Å²) in [6.07, 6.45) is 1.73. The predicted octanol–water partition coefficient (Wildman–Crippen LogP) is 3.31. The molecule has 21 heavy (non-hydrogen) atoms. The van der Waals surface area contributed by atoms with Crippen molar-refractivity contribution in [3.8, 4) is 17.0 Å². The van der Waals surface area contributed by atoms with Crippen molar-refractivity contribution in [1.29, 1.82) is 0 Å². The predicted molar refractivity (Wildman–Crippen MR) is 83.6 cm³/mol. The Morgan fingerprint density at radius 1 is 1.33 bits per heavy atom. The Morgan fingerprint density at radius 2 is 2.00 bits per heavy atom. The molecule has 0 aliphatic carbocycles. The van der Waals surface area contributed by atoms with E-state index in [1.54, 1.807) is 4.68 Å². The summed E-state index contributed by atoms with van der Waals surface area (Å²) in [5.41, 5.74) is 7.89. The summed E-state index contributed by atoms with van der Waals surface area (Å²) in [6.45, 7) is 6.70. The number of carbonyl (C=O) groups excluding carboxylic acids is 1. The third-order valence-electron chi connectivity index (χ3n) is 3.19. The lowest BCUT2D eigenvalue weighted by Crippen LogP contribution is -2.07. The van der Waals surface area contributed by atoms with Gasteiger partial charge < -0.3 is 10.5 Å². The fraction of sp³-hybridized carbons (Fsp3) is 0.375. The van der Waals surface area contributed by atoms with Crippen LogP contribution in [0.3, 0.4) is 0 Å². The normalized spacial score (nSPS) is 10.9. The second-order valence-electron chi connectivity index (χ2n) is 5.18. The number of aromatic nitrogens is 2. The van der Waals surface area contributed by atoms with E-state index in [0.717, 1.165) is 24.0 Å². The minimum Gasteiger partial charge on any atom is -0.494 e. The SMILES string of the molecule is CCCOc1ccc(-c2nn(C(C)C)c(N)c2C=O)cc1. The molecule has 1 aromatic carbocycles. The van der Waals surface area contributed by atoms with Crippen molar-refractivity contribution in [2.24, 2.45) is 0 Å². The van der Waals surface area contributed by atoms with E-state index >= 15 is 0 Å². The smallest absolute Gasteiger partial charge is 0.156 e. The molecule has 0 fully saturated rings. The van der Waals surface area contributed by atoms with Crippen LogP contribution in [0.5, 0.6) is 5.75 Å². The van der Waals surface area contributed by atoms with E-state index < -0.39 is 0 Å². The maximum Gasteiger partial charge on any atom is 0.156 e. The quantitative estimate of drug-likeness (QED) is 0.827. The Balaban J connectivity index is 2.37. The highest BCUT2D eigenvalue weighted by Gasteiger charge is 2.18. The first kappa shape index (κ1) is 15.1. The molecule has 0 atom stereocenters. The van der Waals surface area contributed by atoms with Gasteiger partial charge in [0.05, 0.1) is 12.2 Å². The number of ether oxygens (including phenoxy) is 1. The molecule has 112 valence electrons. The molecule has 5 heteroatoms. The fourth-order valence-electron chi connectivity index (χ4n) is 2.11. The highest BCUT2D eigenvalue weighted by molar-refractivity contribution is 5.91. The monoisotopic (exact) mass is 287 g/mol. The third kappa shape index (κ3) is 3.07. The third-order valence-corrected chi connectivity index (χ3v) is 3.19. The minimum atomic E-state index is 0.101. The van der Waals surface area contributed by atoms with Gasteiger partial charge in [0.15, 0.2) is 6.29 Å². The summed E-state index contributed by atoms with van der Waals surface area (Å²) in [5, 5.41) is 4.46. The number of rotatable bonds is 6. The summed E-state index contributed by atoms with van der Waals surface area (Å²) in [4.78, 5) is 11.3. The zero-order valence-electron chi connectivity index (χ0n) is 12.7. The van der Waals surface area contributed by atoms with Crippen LogP contribution in [0.2, 0.25) is 0 Å². The van der Waals surface area contributed by atoms with Crippen LogP contribution in [0.4, 0.5) is 5.82 Å². The summed E-state index contributed by atoms with van der Waals surface area (Å²) >= 11 is 0. The molecule has 0 saturated heterocycles. The summed E-state index contributed by atoms with van der Waals surface area (Å²) < 4.78 is 7.22. The Kier molecular flexibility index (Phi) is 4.62. The van der Waals surface area contributed by atoms with Crippen LogP contribution < -0.4 is 10.5 Å².